The van der Waals surface area contributed by atoms with Crippen molar-refractivity contribution < 1.29 is 19.1 Å². The lowest BCUT2D eigenvalue weighted by Gasteiger charge is -2.38. The van der Waals surface area contributed by atoms with Gasteiger partial charge in [0, 0.05) is 38.2 Å². The van der Waals surface area contributed by atoms with Gasteiger partial charge >= 0.3 is 0 Å². The zero-order chi connectivity index (χ0) is 21.1. The van der Waals surface area contributed by atoms with Crippen molar-refractivity contribution in [3.8, 4) is 0 Å². The zero-order valence-electron chi connectivity index (χ0n) is 17.6. The van der Waals surface area contributed by atoms with Gasteiger partial charge in [0.05, 0.1) is 24.6 Å². The molecule has 0 spiro atoms. The van der Waals surface area contributed by atoms with Crippen molar-refractivity contribution in [2.45, 2.75) is 38.6 Å². The molecule has 0 unspecified atom stereocenters. The van der Waals surface area contributed by atoms with Crippen molar-refractivity contribution in [2.75, 3.05) is 55.7 Å². The molecule has 2 saturated heterocycles. The standard InChI is InChI=1S/C22H30N4O4/c1-2-9-25-19-15-16(21(28)23-8-3-10-24-11-13-30-14-12-24)4-5-17(19)26-18(22(25)29)6-7-20(26)27/h4-5,15,18H,2-3,6-14H2,1H3,(H,23,28)/t18-/m0/s1. The van der Waals surface area contributed by atoms with Gasteiger partial charge in [-0.15, -0.1) is 0 Å². The predicted molar refractivity (Wildman–Crippen MR) is 114 cm³/mol. The SMILES string of the molecule is CCCN1C(=O)[C@@H]2CCC(=O)N2c2ccc(C(=O)NCCCN3CCOCC3)cc21. The fourth-order valence-electron chi connectivity index (χ4n) is 4.49. The van der Waals surface area contributed by atoms with Gasteiger partial charge in [0.25, 0.3) is 5.91 Å². The Hall–Kier alpha value is -2.45. The van der Waals surface area contributed by atoms with Crippen LogP contribution >= 0.6 is 0 Å². The summed E-state index contributed by atoms with van der Waals surface area (Å²) >= 11 is 0. The number of carbonyl (C=O) groups excluding carboxylic acids is 3. The van der Waals surface area contributed by atoms with Gasteiger partial charge in [0.2, 0.25) is 11.8 Å². The van der Waals surface area contributed by atoms with E-state index in [1.54, 1.807) is 21.9 Å². The maximum atomic E-state index is 13.0. The molecular weight excluding hydrogens is 384 g/mol. The molecule has 0 aliphatic carbocycles. The Kier molecular flexibility index (Phi) is 6.34. The first kappa shape index (κ1) is 20.8. The van der Waals surface area contributed by atoms with Crippen molar-refractivity contribution in [3.05, 3.63) is 23.8 Å². The van der Waals surface area contributed by atoms with Gasteiger partial charge in [-0.3, -0.25) is 24.2 Å². The fourth-order valence-corrected chi connectivity index (χ4v) is 4.49. The van der Waals surface area contributed by atoms with E-state index < -0.39 is 6.04 Å². The van der Waals surface area contributed by atoms with Crippen molar-refractivity contribution >= 4 is 29.1 Å². The van der Waals surface area contributed by atoms with Crippen molar-refractivity contribution in [3.63, 3.8) is 0 Å². The van der Waals surface area contributed by atoms with E-state index >= 15 is 0 Å². The van der Waals surface area contributed by atoms with E-state index in [9.17, 15) is 14.4 Å². The molecule has 1 atom stereocenters. The van der Waals surface area contributed by atoms with Gasteiger partial charge < -0.3 is 15.0 Å². The molecule has 30 heavy (non-hydrogen) atoms. The van der Waals surface area contributed by atoms with Gasteiger partial charge in [-0.1, -0.05) is 6.92 Å². The quantitative estimate of drug-likeness (QED) is 0.682. The number of anilines is 2. The van der Waals surface area contributed by atoms with Gasteiger partial charge in [-0.25, -0.2) is 0 Å². The molecule has 8 heteroatoms. The monoisotopic (exact) mass is 414 g/mol. The molecule has 0 aromatic heterocycles. The minimum atomic E-state index is -0.406. The second kappa shape index (κ2) is 9.14. The molecule has 3 heterocycles. The molecule has 3 aliphatic heterocycles. The Labute approximate surface area is 177 Å². The van der Waals surface area contributed by atoms with E-state index in [4.69, 9.17) is 4.74 Å². The van der Waals surface area contributed by atoms with Crippen LogP contribution in [0.3, 0.4) is 0 Å². The highest BCUT2D eigenvalue weighted by Crippen LogP contribution is 2.41. The first-order valence-electron chi connectivity index (χ1n) is 11.0. The molecule has 0 saturated carbocycles. The van der Waals surface area contributed by atoms with Crippen LogP contribution in [-0.4, -0.2) is 74.6 Å². The van der Waals surface area contributed by atoms with Gasteiger partial charge in [-0.2, -0.15) is 0 Å². The number of hydrogen-bond donors (Lipinski definition) is 1. The largest absolute Gasteiger partial charge is 0.379 e. The highest BCUT2D eigenvalue weighted by Gasteiger charge is 2.44. The molecule has 1 N–H and O–H groups in total. The Morgan fingerprint density at radius 1 is 1.17 bits per heavy atom. The third-order valence-electron chi connectivity index (χ3n) is 6.04. The van der Waals surface area contributed by atoms with E-state index in [0.29, 0.717) is 37.2 Å². The summed E-state index contributed by atoms with van der Waals surface area (Å²) in [5, 5.41) is 2.98. The molecule has 1 aromatic rings. The third kappa shape index (κ3) is 4.06. The zero-order valence-corrected chi connectivity index (χ0v) is 17.6. The van der Waals surface area contributed by atoms with Crippen LogP contribution in [-0.2, 0) is 14.3 Å². The highest BCUT2D eigenvalue weighted by molar-refractivity contribution is 6.15. The predicted octanol–water partition coefficient (Wildman–Crippen LogP) is 1.39. The average molecular weight is 415 g/mol. The van der Waals surface area contributed by atoms with E-state index in [1.807, 2.05) is 13.0 Å². The second-order valence-electron chi connectivity index (χ2n) is 8.08. The number of ether oxygens (including phenoxy) is 1. The molecule has 8 nitrogen and oxygen atoms in total. The Morgan fingerprint density at radius 2 is 1.97 bits per heavy atom. The van der Waals surface area contributed by atoms with Crippen LogP contribution in [0, 0.1) is 0 Å². The number of fused-ring (bicyclic) bond motifs is 3. The number of benzene rings is 1. The lowest BCUT2D eigenvalue weighted by molar-refractivity contribution is -0.122. The molecule has 1 aromatic carbocycles. The molecule has 4 rings (SSSR count). The van der Waals surface area contributed by atoms with Crippen LogP contribution in [0.15, 0.2) is 18.2 Å². The van der Waals surface area contributed by atoms with Crippen LogP contribution in [0.2, 0.25) is 0 Å². The third-order valence-corrected chi connectivity index (χ3v) is 6.04. The van der Waals surface area contributed by atoms with Crippen LogP contribution in [0.1, 0.15) is 43.0 Å². The number of morpholine rings is 1. The number of hydrogen-bond acceptors (Lipinski definition) is 5. The summed E-state index contributed by atoms with van der Waals surface area (Å²) in [5.74, 6) is -0.220. The highest BCUT2D eigenvalue weighted by atomic mass is 16.5. The first-order chi connectivity index (χ1) is 14.6. The summed E-state index contributed by atoms with van der Waals surface area (Å²) in [6.45, 7) is 7.55. The van der Waals surface area contributed by atoms with Gasteiger partial charge in [-0.05, 0) is 44.0 Å². The summed E-state index contributed by atoms with van der Waals surface area (Å²) in [6.07, 6.45) is 2.63. The topological polar surface area (TPSA) is 82.2 Å². The maximum absolute atomic E-state index is 13.0. The number of rotatable bonds is 7. The minimum absolute atomic E-state index is 0.0222. The molecular formula is C22H30N4O4. The molecule has 2 fully saturated rings. The Balaban J connectivity index is 1.44. The number of amides is 3. The lowest BCUT2D eigenvalue weighted by atomic mass is 10.0. The Morgan fingerprint density at radius 3 is 2.73 bits per heavy atom. The summed E-state index contributed by atoms with van der Waals surface area (Å²) in [4.78, 5) is 43.7. The molecule has 162 valence electrons. The molecule has 3 amide bonds. The maximum Gasteiger partial charge on any atom is 0.251 e. The van der Waals surface area contributed by atoms with Crippen LogP contribution in [0.4, 0.5) is 11.4 Å². The van der Waals surface area contributed by atoms with Crippen LogP contribution < -0.4 is 15.1 Å². The number of carbonyl (C=O) groups is 3. The summed E-state index contributed by atoms with van der Waals surface area (Å²) in [5.41, 5.74) is 1.91. The smallest absolute Gasteiger partial charge is 0.251 e. The number of nitrogens with zero attached hydrogens (tertiary/aromatic N) is 3. The van der Waals surface area contributed by atoms with Crippen molar-refractivity contribution in [1.29, 1.82) is 0 Å². The average Bonchev–Trinajstić information content (AvgIpc) is 3.16. The van der Waals surface area contributed by atoms with Crippen molar-refractivity contribution in [2.24, 2.45) is 0 Å². The minimum Gasteiger partial charge on any atom is -0.379 e. The lowest BCUT2D eigenvalue weighted by Crippen LogP contribution is -2.52. The summed E-state index contributed by atoms with van der Waals surface area (Å²) in [7, 11) is 0. The van der Waals surface area contributed by atoms with Gasteiger partial charge in [0.15, 0.2) is 0 Å². The number of nitrogens with one attached hydrogen (secondary N) is 1. The van der Waals surface area contributed by atoms with Crippen LogP contribution in [0.25, 0.3) is 0 Å². The Bertz CT molecular complexity index is 821. The summed E-state index contributed by atoms with van der Waals surface area (Å²) < 4.78 is 5.35. The fraction of sp³-hybridized carbons (Fsp3) is 0.591. The van der Waals surface area contributed by atoms with E-state index in [1.165, 1.54) is 0 Å². The first-order valence-corrected chi connectivity index (χ1v) is 11.0. The molecule has 3 aliphatic rings. The van der Waals surface area contributed by atoms with E-state index in [0.717, 1.165) is 51.4 Å². The van der Waals surface area contributed by atoms with E-state index in [-0.39, 0.29) is 17.7 Å². The van der Waals surface area contributed by atoms with Crippen LogP contribution in [0.5, 0.6) is 0 Å². The summed E-state index contributed by atoms with van der Waals surface area (Å²) in [6, 6.07) is 4.90. The van der Waals surface area contributed by atoms with Crippen molar-refractivity contribution in [1.82, 2.24) is 10.2 Å². The van der Waals surface area contributed by atoms with Gasteiger partial charge in [0.1, 0.15) is 6.04 Å². The molecule has 0 radical (unpaired) electrons. The normalized spacial score (nSPS) is 21.6. The second-order valence-corrected chi connectivity index (χ2v) is 8.08. The van der Waals surface area contributed by atoms with E-state index in [2.05, 4.69) is 10.2 Å². The molecule has 0 bridgehead atoms.